The number of aliphatic hydroxyl groups is 1. The van der Waals surface area contributed by atoms with Gasteiger partial charge in [-0.15, -0.1) is 13.2 Å². The zero-order valence-corrected chi connectivity index (χ0v) is 9.81. The average Bonchev–Trinajstić information content (AvgIpc) is 2.14. The van der Waals surface area contributed by atoms with Gasteiger partial charge in [-0.3, -0.25) is 0 Å². The minimum Gasteiger partial charge on any atom is -0.405 e. The number of halogens is 4. The lowest BCUT2D eigenvalue weighted by molar-refractivity contribution is -0.274. The van der Waals surface area contributed by atoms with Gasteiger partial charge in [0.15, 0.2) is 0 Å². The van der Waals surface area contributed by atoms with E-state index < -0.39 is 6.36 Å². The number of aliphatic hydroxyl groups excluding tert-OH is 1. The fourth-order valence-electron chi connectivity index (χ4n) is 1.22. The molecule has 90 valence electrons. The molecule has 1 rings (SSSR count). The first-order valence-electron chi connectivity index (χ1n) is 4.57. The van der Waals surface area contributed by atoms with Gasteiger partial charge in [-0.25, -0.2) is 0 Å². The first-order valence-corrected chi connectivity index (χ1v) is 5.36. The minimum absolute atomic E-state index is 0.0679. The van der Waals surface area contributed by atoms with E-state index in [0.29, 0.717) is 22.9 Å². The molecule has 0 heterocycles. The van der Waals surface area contributed by atoms with Gasteiger partial charge in [-0.2, -0.15) is 0 Å². The van der Waals surface area contributed by atoms with E-state index in [-0.39, 0.29) is 12.4 Å². The molecule has 0 atom stereocenters. The molecule has 0 aliphatic rings. The van der Waals surface area contributed by atoms with Crippen LogP contribution in [0.25, 0.3) is 0 Å². The van der Waals surface area contributed by atoms with E-state index in [2.05, 4.69) is 20.7 Å². The van der Waals surface area contributed by atoms with Crippen molar-refractivity contribution in [3.63, 3.8) is 0 Å². The normalized spacial score (nSPS) is 11.6. The lowest BCUT2D eigenvalue weighted by atomic mass is 10.1. The lowest BCUT2D eigenvalue weighted by Gasteiger charge is -2.13. The fourth-order valence-corrected chi connectivity index (χ4v) is 1.56. The number of aryl methyl sites for hydroxylation is 1. The zero-order chi connectivity index (χ0) is 12.2. The second-order valence-corrected chi connectivity index (χ2v) is 4.04. The van der Waals surface area contributed by atoms with Gasteiger partial charge in [0, 0.05) is 11.1 Å². The van der Waals surface area contributed by atoms with Crippen molar-refractivity contribution in [1.29, 1.82) is 0 Å². The highest BCUT2D eigenvalue weighted by Gasteiger charge is 2.32. The third kappa shape index (κ3) is 4.40. The van der Waals surface area contributed by atoms with Crippen molar-refractivity contribution in [1.82, 2.24) is 0 Å². The second kappa shape index (κ2) is 5.54. The maximum atomic E-state index is 12.1. The lowest BCUT2D eigenvalue weighted by Crippen LogP contribution is -2.18. The summed E-state index contributed by atoms with van der Waals surface area (Å²) in [6.07, 6.45) is -3.96. The maximum absolute atomic E-state index is 12.1. The first-order chi connectivity index (χ1) is 7.42. The summed E-state index contributed by atoms with van der Waals surface area (Å²) in [5.41, 5.74) is 0.426. The molecule has 0 saturated carbocycles. The molecule has 6 heteroatoms. The van der Waals surface area contributed by atoms with Crippen LogP contribution in [0.15, 0.2) is 22.7 Å². The number of ether oxygens (including phenoxy) is 1. The Morgan fingerprint density at radius 2 is 2.00 bits per heavy atom. The highest BCUT2D eigenvalue weighted by Crippen LogP contribution is 2.30. The van der Waals surface area contributed by atoms with Crippen LogP contribution in [0, 0.1) is 0 Å². The van der Waals surface area contributed by atoms with Gasteiger partial charge in [0.25, 0.3) is 0 Å². The SMILES string of the molecule is OCCCc1ccc(Br)cc1OC(F)(F)F. The van der Waals surface area contributed by atoms with Crippen LogP contribution >= 0.6 is 15.9 Å². The summed E-state index contributed by atoms with van der Waals surface area (Å²) in [5, 5.41) is 8.63. The summed E-state index contributed by atoms with van der Waals surface area (Å²) in [6.45, 7) is -0.0679. The van der Waals surface area contributed by atoms with E-state index in [1.54, 1.807) is 12.1 Å². The summed E-state index contributed by atoms with van der Waals surface area (Å²) in [5.74, 6) is -0.227. The van der Waals surface area contributed by atoms with Crippen molar-refractivity contribution >= 4 is 15.9 Å². The molecule has 0 amide bonds. The molecule has 0 aromatic heterocycles. The molecule has 0 fully saturated rings. The molecule has 0 bridgehead atoms. The largest absolute Gasteiger partial charge is 0.573 e. The average molecular weight is 299 g/mol. The quantitative estimate of drug-likeness (QED) is 0.924. The Morgan fingerprint density at radius 1 is 1.31 bits per heavy atom. The third-order valence-corrected chi connectivity index (χ3v) is 2.35. The fraction of sp³-hybridized carbons (Fsp3) is 0.400. The molecular formula is C10H10BrF3O2. The zero-order valence-electron chi connectivity index (χ0n) is 8.22. The van der Waals surface area contributed by atoms with Gasteiger partial charge in [-0.05, 0) is 30.5 Å². The standard InChI is InChI=1S/C10H10BrF3O2/c11-8-4-3-7(2-1-5-15)9(6-8)16-10(12,13)14/h3-4,6,15H,1-2,5H2. The van der Waals surface area contributed by atoms with Crippen LogP contribution in [-0.2, 0) is 6.42 Å². The Balaban J connectivity index is 2.89. The van der Waals surface area contributed by atoms with E-state index in [1.807, 2.05) is 0 Å². The van der Waals surface area contributed by atoms with Gasteiger partial charge in [0.2, 0.25) is 0 Å². The first kappa shape index (κ1) is 13.3. The Bertz CT molecular complexity index is 352. The van der Waals surface area contributed by atoms with Gasteiger partial charge in [0.1, 0.15) is 5.75 Å². The van der Waals surface area contributed by atoms with Gasteiger partial charge < -0.3 is 9.84 Å². The summed E-state index contributed by atoms with van der Waals surface area (Å²) in [7, 11) is 0. The van der Waals surface area contributed by atoms with Crippen LogP contribution in [0.1, 0.15) is 12.0 Å². The van der Waals surface area contributed by atoms with Gasteiger partial charge >= 0.3 is 6.36 Å². The van der Waals surface area contributed by atoms with Crippen molar-refractivity contribution in [3.05, 3.63) is 28.2 Å². The predicted octanol–water partition coefficient (Wildman–Crippen LogP) is 3.27. The summed E-state index contributed by atoms with van der Waals surface area (Å²) >= 11 is 3.08. The minimum atomic E-state index is -4.70. The summed E-state index contributed by atoms with van der Waals surface area (Å²) < 4.78 is 40.7. The summed E-state index contributed by atoms with van der Waals surface area (Å²) in [6, 6.07) is 4.44. The Labute approximate surface area is 99.2 Å². The van der Waals surface area contributed by atoms with E-state index in [1.165, 1.54) is 6.07 Å². The number of rotatable bonds is 4. The maximum Gasteiger partial charge on any atom is 0.573 e. The van der Waals surface area contributed by atoms with Crippen LogP contribution in [0.5, 0.6) is 5.75 Å². The molecule has 0 radical (unpaired) electrons. The molecule has 2 nitrogen and oxygen atoms in total. The number of hydrogen-bond acceptors (Lipinski definition) is 2. The third-order valence-electron chi connectivity index (χ3n) is 1.86. The highest BCUT2D eigenvalue weighted by molar-refractivity contribution is 9.10. The van der Waals surface area contributed by atoms with Crippen LogP contribution in [0.3, 0.4) is 0 Å². The Morgan fingerprint density at radius 3 is 2.56 bits per heavy atom. The molecule has 0 aliphatic carbocycles. The van der Waals surface area contributed by atoms with E-state index in [0.717, 1.165) is 0 Å². The number of hydrogen-bond donors (Lipinski definition) is 1. The second-order valence-electron chi connectivity index (χ2n) is 3.13. The molecule has 0 aliphatic heterocycles. The number of alkyl halides is 3. The Kier molecular flexibility index (Phi) is 4.61. The van der Waals surface area contributed by atoms with E-state index >= 15 is 0 Å². The van der Waals surface area contributed by atoms with Crippen LogP contribution in [0.4, 0.5) is 13.2 Å². The molecular weight excluding hydrogens is 289 g/mol. The van der Waals surface area contributed by atoms with Crippen LogP contribution in [-0.4, -0.2) is 18.1 Å². The van der Waals surface area contributed by atoms with E-state index in [9.17, 15) is 13.2 Å². The highest BCUT2D eigenvalue weighted by atomic mass is 79.9. The van der Waals surface area contributed by atoms with E-state index in [4.69, 9.17) is 5.11 Å². The topological polar surface area (TPSA) is 29.5 Å². The molecule has 0 spiro atoms. The smallest absolute Gasteiger partial charge is 0.405 e. The number of benzene rings is 1. The predicted molar refractivity (Wildman–Crippen MR) is 56.2 cm³/mol. The monoisotopic (exact) mass is 298 g/mol. The van der Waals surface area contributed by atoms with Crippen LogP contribution in [0.2, 0.25) is 0 Å². The van der Waals surface area contributed by atoms with Crippen molar-refractivity contribution in [2.75, 3.05) is 6.61 Å². The van der Waals surface area contributed by atoms with Crippen molar-refractivity contribution in [2.24, 2.45) is 0 Å². The van der Waals surface area contributed by atoms with Crippen molar-refractivity contribution in [3.8, 4) is 5.75 Å². The Hall–Kier alpha value is -0.750. The van der Waals surface area contributed by atoms with Crippen molar-refractivity contribution < 1.29 is 23.0 Å². The molecule has 1 aromatic carbocycles. The van der Waals surface area contributed by atoms with Gasteiger partial charge in [0.05, 0.1) is 0 Å². The van der Waals surface area contributed by atoms with Gasteiger partial charge in [-0.1, -0.05) is 22.0 Å². The summed E-state index contributed by atoms with van der Waals surface area (Å²) in [4.78, 5) is 0. The molecule has 1 aromatic rings. The molecule has 1 N–H and O–H groups in total. The molecule has 0 saturated heterocycles. The molecule has 16 heavy (non-hydrogen) atoms. The molecule has 0 unspecified atom stereocenters. The van der Waals surface area contributed by atoms with Crippen LogP contribution < -0.4 is 4.74 Å². The van der Waals surface area contributed by atoms with Crippen molar-refractivity contribution in [2.45, 2.75) is 19.2 Å².